The van der Waals surface area contributed by atoms with E-state index < -0.39 is 17.7 Å². The van der Waals surface area contributed by atoms with Crippen LogP contribution in [0.5, 0.6) is 5.75 Å². The smallest absolute Gasteiger partial charge is 0.322 e. The predicted molar refractivity (Wildman–Crippen MR) is 112 cm³/mol. The van der Waals surface area contributed by atoms with Crippen molar-refractivity contribution in [3.05, 3.63) is 90.0 Å². The molecule has 2 aromatic heterocycles. The van der Waals surface area contributed by atoms with Crippen LogP contribution in [0.3, 0.4) is 0 Å². The number of nitrogens with zero attached hydrogens (tertiary/aromatic N) is 2. The van der Waals surface area contributed by atoms with Gasteiger partial charge >= 0.3 is 6.03 Å². The number of carbonyl (C=O) groups is 1. The third kappa shape index (κ3) is 4.77. The van der Waals surface area contributed by atoms with Crippen LogP contribution in [0.15, 0.2) is 75.9 Å². The topological polar surface area (TPSA) is 80.7 Å². The Labute approximate surface area is 182 Å². The van der Waals surface area contributed by atoms with E-state index in [-0.39, 0.29) is 18.8 Å². The minimum absolute atomic E-state index is 0.0496. The van der Waals surface area contributed by atoms with Crippen molar-refractivity contribution in [3.8, 4) is 17.1 Å². The molecule has 0 saturated carbocycles. The molecule has 0 aliphatic rings. The fourth-order valence-electron chi connectivity index (χ4n) is 3.13. The molecular formula is C23H19F2N3O4. The number of amides is 2. The van der Waals surface area contributed by atoms with E-state index in [1.165, 1.54) is 11.2 Å². The number of aromatic nitrogens is 1. The van der Waals surface area contributed by atoms with Gasteiger partial charge in [-0.25, -0.2) is 13.6 Å². The van der Waals surface area contributed by atoms with Gasteiger partial charge in [-0.2, -0.15) is 0 Å². The van der Waals surface area contributed by atoms with E-state index in [1.54, 1.807) is 31.4 Å². The number of furan rings is 1. The first kappa shape index (κ1) is 21.1. The molecule has 2 amide bonds. The first-order chi connectivity index (χ1) is 15.5. The highest BCUT2D eigenvalue weighted by Crippen LogP contribution is 2.30. The summed E-state index contributed by atoms with van der Waals surface area (Å²) in [6.45, 7) is 0.145. The number of carbonyl (C=O) groups excluding carboxylic acids is 1. The highest BCUT2D eigenvalue weighted by atomic mass is 19.1. The zero-order valence-corrected chi connectivity index (χ0v) is 17.0. The minimum Gasteiger partial charge on any atom is -0.496 e. The average molecular weight is 439 g/mol. The summed E-state index contributed by atoms with van der Waals surface area (Å²) < 4.78 is 43.3. The number of methoxy groups -OCH3 is 1. The lowest BCUT2D eigenvalue weighted by atomic mass is 10.1. The first-order valence-corrected chi connectivity index (χ1v) is 9.66. The normalized spacial score (nSPS) is 10.7. The molecule has 9 heteroatoms. The molecule has 4 aromatic rings. The fraction of sp³-hybridized carbons (Fsp3) is 0.130. The molecule has 32 heavy (non-hydrogen) atoms. The van der Waals surface area contributed by atoms with Gasteiger partial charge in [0.25, 0.3) is 0 Å². The minimum atomic E-state index is -0.879. The van der Waals surface area contributed by atoms with Crippen molar-refractivity contribution in [2.45, 2.75) is 13.1 Å². The first-order valence-electron chi connectivity index (χ1n) is 9.66. The summed E-state index contributed by atoms with van der Waals surface area (Å²) in [5.41, 5.74) is 1.03. The van der Waals surface area contributed by atoms with Crippen LogP contribution in [-0.2, 0) is 13.1 Å². The number of ether oxygens (including phenoxy) is 1. The van der Waals surface area contributed by atoms with Gasteiger partial charge < -0.3 is 23.9 Å². The van der Waals surface area contributed by atoms with Crippen LogP contribution < -0.4 is 10.1 Å². The maximum absolute atomic E-state index is 14.0. The Bertz CT molecular complexity index is 1210. The van der Waals surface area contributed by atoms with Crippen LogP contribution >= 0.6 is 0 Å². The van der Waals surface area contributed by atoms with Gasteiger partial charge in [0.1, 0.15) is 28.8 Å². The number of benzene rings is 2. The van der Waals surface area contributed by atoms with Crippen LogP contribution in [0.2, 0.25) is 0 Å². The van der Waals surface area contributed by atoms with Crippen LogP contribution in [-0.4, -0.2) is 23.2 Å². The fourth-order valence-corrected chi connectivity index (χ4v) is 3.13. The lowest BCUT2D eigenvalue weighted by Gasteiger charge is -2.21. The van der Waals surface area contributed by atoms with E-state index >= 15 is 0 Å². The lowest BCUT2D eigenvalue weighted by Crippen LogP contribution is -2.34. The molecule has 7 nitrogen and oxygen atoms in total. The zero-order valence-electron chi connectivity index (χ0n) is 17.0. The number of urea groups is 1. The molecular weight excluding hydrogens is 420 g/mol. The van der Waals surface area contributed by atoms with E-state index in [1.807, 2.05) is 18.2 Å². The summed E-state index contributed by atoms with van der Waals surface area (Å²) in [7, 11) is 1.56. The average Bonchev–Trinajstić information content (AvgIpc) is 3.47. The van der Waals surface area contributed by atoms with Gasteiger partial charge in [0.05, 0.1) is 37.7 Å². The summed E-state index contributed by atoms with van der Waals surface area (Å²) in [4.78, 5) is 14.3. The molecule has 1 N–H and O–H groups in total. The molecule has 0 bridgehead atoms. The van der Waals surface area contributed by atoms with Crippen molar-refractivity contribution in [2.75, 3.05) is 12.4 Å². The van der Waals surface area contributed by atoms with Crippen molar-refractivity contribution >= 4 is 11.7 Å². The van der Waals surface area contributed by atoms with Crippen LogP contribution in [0.4, 0.5) is 19.3 Å². The second-order valence-electron chi connectivity index (χ2n) is 6.87. The third-order valence-electron chi connectivity index (χ3n) is 4.67. The number of para-hydroxylation sites is 1. The summed E-state index contributed by atoms with van der Waals surface area (Å²) in [6, 6.07) is 14.7. The highest BCUT2D eigenvalue weighted by molar-refractivity contribution is 5.89. The van der Waals surface area contributed by atoms with E-state index in [4.69, 9.17) is 13.7 Å². The van der Waals surface area contributed by atoms with Crippen molar-refractivity contribution in [2.24, 2.45) is 0 Å². The Morgan fingerprint density at radius 1 is 1.09 bits per heavy atom. The lowest BCUT2D eigenvalue weighted by molar-refractivity contribution is 0.199. The quantitative estimate of drug-likeness (QED) is 0.414. The van der Waals surface area contributed by atoms with Crippen molar-refractivity contribution in [1.29, 1.82) is 0 Å². The molecule has 2 aromatic carbocycles. The van der Waals surface area contributed by atoms with Gasteiger partial charge in [-0.05, 0) is 36.4 Å². The zero-order chi connectivity index (χ0) is 22.5. The van der Waals surface area contributed by atoms with E-state index in [2.05, 4.69) is 10.5 Å². The molecule has 0 fully saturated rings. The maximum Gasteiger partial charge on any atom is 0.322 e. The van der Waals surface area contributed by atoms with Crippen LogP contribution in [0.25, 0.3) is 11.3 Å². The Morgan fingerprint density at radius 2 is 1.94 bits per heavy atom. The number of nitrogens with one attached hydrogen (secondary N) is 1. The Kier molecular flexibility index (Phi) is 6.16. The number of hydrogen-bond donors (Lipinski definition) is 1. The molecule has 164 valence electrons. The molecule has 0 aliphatic carbocycles. The Balaban J connectivity index is 1.56. The van der Waals surface area contributed by atoms with Gasteiger partial charge in [-0.3, -0.25) is 0 Å². The van der Waals surface area contributed by atoms with E-state index in [9.17, 15) is 13.6 Å². The molecule has 0 atom stereocenters. The summed E-state index contributed by atoms with van der Waals surface area (Å²) in [6.07, 6.45) is 1.49. The van der Waals surface area contributed by atoms with Crippen LogP contribution in [0.1, 0.15) is 11.5 Å². The number of rotatable bonds is 7. The largest absolute Gasteiger partial charge is 0.496 e. The second-order valence-corrected chi connectivity index (χ2v) is 6.87. The summed E-state index contributed by atoms with van der Waals surface area (Å²) in [5.74, 6) is -0.00340. The van der Waals surface area contributed by atoms with Gasteiger partial charge in [-0.1, -0.05) is 17.3 Å². The molecule has 0 saturated heterocycles. The monoisotopic (exact) mass is 439 g/mol. The van der Waals surface area contributed by atoms with Crippen molar-refractivity contribution in [3.63, 3.8) is 0 Å². The molecule has 0 unspecified atom stereocenters. The van der Waals surface area contributed by atoms with Crippen molar-refractivity contribution < 1.29 is 27.3 Å². The highest BCUT2D eigenvalue weighted by Gasteiger charge is 2.20. The maximum atomic E-state index is 14.0. The number of halogens is 2. The summed E-state index contributed by atoms with van der Waals surface area (Å²) >= 11 is 0. The molecule has 0 spiro atoms. The Morgan fingerprint density at radius 3 is 2.69 bits per heavy atom. The van der Waals surface area contributed by atoms with Gasteiger partial charge in [0.15, 0.2) is 5.76 Å². The molecule has 0 aliphatic heterocycles. The van der Waals surface area contributed by atoms with Crippen molar-refractivity contribution in [1.82, 2.24) is 10.1 Å². The molecule has 4 rings (SSSR count). The van der Waals surface area contributed by atoms with Crippen LogP contribution in [0, 0.1) is 11.6 Å². The number of anilines is 1. The van der Waals surface area contributed by atoms with E-state index in [0.717, 1.165) is 12.1 Å². The number of hydrogen-bond acceptors (Lipinski definition) is 5. The van der Waals surface area contributed by atoms with E-state index in [0.29, 0.717) is 34.6 Å². The SMILES string of the molecule is COc1ccccc1-c1cc(CN(Cc2ccco2)C(=O)Nc2ccc(F)cc2F)no1. The van der Waals surface area contributed by atoms with Gasteiger partial charge in [0.2, 0.25) is 0 Å². The predicted octanol–water partition coefficient (Wildman–Crippen LogP) is 5.46. The summed E-state index contributed by atoms with van der Waals surface area (Å²) in [5, 5.41) is 6.50. The van der Waals surface area contributed by atoms with Gasteiger partial charge in [-0.15, -0.1) is 0 Å². The standard InChI is InChI=1S/C23H19F2N3O4/c1-30-21-7-3-2-6-18(21)22-12-16(27-32-22)13-28(14-17-5-4-10-31-17)23(29)26-20-9-8-15(24)11-19(20)25/h2-12H,13-14H2,1H3,(H,26,29). The molecule has 0 radical (unpaired) electrons. The Hall–Kier alpha value is -4.14. The molecule has 2 heterocycles. The van der Waals surface area contributed by atoms with Gasteiger partial charge in [0, 0.05) is 12.1 Å². The third-order valence-corrected chi connectivity index (χ3v) is 4.67. The second kappa shape index (κ2) is 9.34.